The van der Waals surface area contributed by atoms with Crippen LogP contribution in [0.2, 0.25) is 5.02 Å². The maximum atomic E-state index is 12.3. The van der Waals surface area contributed by atoms with Gasteiger partial charge >= 0.3 is 0 Å². The van der Waals surface area contributed by atoms with Gasteiger partial charge in [0.15, 0.2) is 5.78 Å². The Labute approximate surface area is 134 Å². The largest absolute Gasteiger partial charge is 0.352 e. The Morgan fingerprint density at radius 2 is 1.82 bits per heavy atom. The summed E-state index contributed by atoms with van der Waals surface area (Å²) in [7, 11) is 0. The van der Waals surface area contributed by atoms with Crippen molar-refractivity contribution in [3.8, 4) is 0 Å². The number of benzene rings is 2. The third-order valence-corrected chi connectivity index (χ3v) is 4.22. The zero-order valence-corrected chi connectivity index (χ0v) is 12.8. The molecule has 1 aliphatic carbocycles. The number of hydrogen-bond acceptors (Lipinski definition) is 2. The number of carbonyl (C=O) groups is 2. The Bertz CT molecular complexity index is 709. The number of rotatable bonds is 3. The van der Waals surface area contributed by atoms with Crippen molar-refractivity contribution in [1.29, 1.82) is 0 Å². The molecule has 22 heavy (non-hydrogen) atoms. The van der Waals surface area contributed by atoms with Crippen LogP contribution >= 0.6 is 11.6 Å². The van der Waals surface area contributed by atoms with Gasteiger partial charge in [0.1, 0.15) is 0 Å². The molecule has 3 nitrogen and oxygen atoms in total. The Kier molecular flexibility index (Phi) is 4.25. The summed E-state index contributed by atoms with van der Waals surface area (Å²) >= 11 is 5.84. The molecule has 0 saturated carbocycles. The molecule has 0 bridgehead atoms. The van der Waals surface area contributed by atoms with Crippen LogP contribution in [-0.4, -0.2) is 11.7 Å². The Morgan fingerprint density at radius 3 is 2.59 bits per heavy atom. The van der Waals surface area contributed by atoms with Crippen molar-refractivity contribution in [3.05, 3.63) is 70.2 Å². The van der Waals surface area contributed by atoms with Gasteiger partial charge in [0.05, 0.1) is 0 Å². The molecule has 1 N–H and O–H groups in total. The minimum absolute atomic E-state index is 0.0495. The molecule has 0 fully saturated rings. The van der Waals surface area contributed by atoms with E-state index in [1.165, 1.54) is 0 Å². The van der Waals surface area contributed by atoms with Crippen LogP contribution in [-0.2, 0) is 17.8 Å². The van der Waals surface area contributed by atoms with E-state index in [1.807, 2.05) is 36.4 Å². The lowest BCUT2D eigenvalue weighted by atomic mass is 9.82. The van der Waals surface area contributed by atoms with E-state index < -0.39 is 0 Å². The molecule has 112 valence electrons. The van der Waals surface area contributed by atoms with Crippen molar-refractivity contribution < 1.29 is 9.59 Å². The minimum atomic E-state index is -0.283. The van der Waals surface area contributed by atoms with Crippen molar-refractivity contribution >= 4 is 23.3 Å². The summed E-state index contributed by atoms with van der Waals surface area (Å²) < 4.78 is 0. The smallest absolute Gasteiger partial charge is 0.224 e. The average Bonchev–Trinajstić information content (AvgIpc) is 2.54. The zero-order valence-electron chi connectivity index (χ0n) is 12.0. The summed E-state index contributed by atoms with van der Waals surface area (Å²) in [4.78, 5) is 24.4. The molecular formula is C18H16ClNO2. The fourth-order valence-electron chi connectivity index (χ4n) is 2.76. The molecule has 0 spiro atoms. The summed E-state index contributed by atoms with van der Waals surface area (Å²) in [5, 5.41) is 3.58. The van der Waals surface area contributed by atoms with Crippen LogP contribution in [0, 0.1) is 5.92 Å². The van der Waals surface area contributed by atoms with Crippen molar-refractivity contribution in [2.75, 3.05) is 0 Å². The highest BCUT2D eigenvalue weighted by atomic mass is 35.5. The molecule has 4 heteroatoms. The summed E-state index contributed by atoms with van der Waals surface area (Å²) in [6.45, 7) is 0.447. The van der Waals surface area contributed by atoms with Crippen molar-refractivity contribution in [2.24, 2.45) is 5.92 Å². The molecule has 1 unspecified atom stereocenters. The van der Waals surface area contributed by atoms with Crippen LogP contribution in [0.3, 0.4) is 0 Å². The number of ketones is 1. The maximum Gasteiger partial charge on any atom is 0.224 e. The van der Waals surface area contributed by atoms with E-state index in [4.69, 9.17) is 11.6 Å². The van der Waals surface area contributed by atoms with Crippen LogP contribution in [0.1, 0.15) is 27.9 Å². The molecule has 0 radical (unpaired) electrons. The zero-order chi connectivity index (χ0) is 15.5. The molecule has 3 rings (SSSR count). The number of nitrogens with one attached hydrogen (secondary N) is 1. The summed E-state index contributed by atoms with van der Waals surface area (Å²) in [6.07, 6.45) is 0.901. The average molecular weight is 314 g/mol. The number of halogens is 1. The van der Waals surface area contributed by atoms with Gasteiger partial charge in [-0.1, -0.05) is 48.0 Å². The maximum absolute atomic E-state index is 12.3. The van der Waals surface area contributed by atoms with Crippen LogP contribution in [0.5, 0.6) is 0 Å². The van der Waals surface area contributed by atoms with E-state index in [1.54, 1.807) is 12.1 Å². The lowest BCUT2D eigenvalue weighted by Crippen LogP contribution is -2.35. The van der Waals surface area contributed by atoms with Crippen molar-refractivity contribution in [1.82, 2.24) is 5.32 Å². The van der Waals surface area contributed by atoms with E-state index in [-0.39, 0.29) is 24.0 Å². The molecule has 0 aromatic heterocycles. The van der Waals surface area contributed by atoms with E-state index >= 15 is 0 Å². The van der Waals surface area contributed by atoms with Crippen molar-refractivity contribution in [2.45, 2.75) is 19.4 Å². The second-order valence-corrected chi connectivity index (χ2v) is 5.97. The number of fused-ring (bicyclic) bond motifs is 1. The molecule has 2 aromatic rings. The first-order valence-corrected chi connectivity index (χ1v) is 7.64. The SMILES string of the molecule is O=C1CC(C(=O)NCc2ccc(Cl)cc2)Cc2ccccc21. The number of amides is 1. The van der Waals surface area contributed by atoms with Gasteiger partial charge in [0.2, 0.25) is 5.91 Å². The van der Waals surface area contributed by atoms with Crippen LogP contribution < -0.4 is 5.32 Å². The van der Waals surface area contributed by atoms with Crippen molar-refractivity contribution in [3.63, 3.8) is 0 Å². The lowest BCUT2D eigenvalue weighted by molar-refractivity contribution is -0.125. The first-order chi connectivity index (χ1) is 10.6. The molecule has 1 amide bonds. The van der Waals surface area contributed by atoms with E-state index in [9.17, 15) is 9.59 Å². The van der Waals surface area contributed by atoms with E-state index in [0.29, 0.717) is 18.0 Å². The molecule has 2 aromatic carbocycles. The van der Waals surface area contributed by atoms with Gasteiger partial charge in [-0.15, -0.1) is 0 Å². The van der Waals surface area contributed by atoms with Gasteiger partial charge in [-0.3, -0.25) is 9.59 Å². The van der Waals surface area contributed by atoms with Gasteiger partial charge in [-0.2, -0.15) is 0 Å². The van der Waals surface area contributed by atoms with E-state index in [0.717, 1.165) is 16.7 Å². The predicted molar refractivity (Wildman–Crippen MR) is 85.9 cm³/mol. The van der Waals surface area contributed by atoms with Gasteiger partial charge in [-0.25, -0.2) is 0 Å². The van der Waals surface area contributed by atoms with E-state index in [2.05, 4.69) is 5.32 Å². The lowest BCUT2D eigenvalue weighted by Gasteiger charge is -2.22. The highest BCUT2D eigenvalue weighted by Crippen LogP contribution is 2.25. The molecule has 1 atom stereocenters. The predicted octanol–water partition coefficient (Wildman–Crippen LogP) is 3.40. The monoisotopic (exact) mass is 313 g/mol. The van der Waals surface area contributed by atoms with Crippen LogP contribution in [0.25, 0.3) is 0 Å². The summed E-state index contributed by atoms with van der Waals surface area (Å²) in [5.74, 6) is -0.305. The Hall–Kier alpha value is -2.13. The summed E-state index contributed by atoms with van der Waals surface area (Å²) in [5.41, 5.74) is 2.70. The highest BCUT2D eigenvalue weighted by Gasteiger charge is 2.29. The third-order valence-electron chi connectivity index (χ3n) is 3.97. The topological polar surface area (TPSA) is 46.2 Å². The Balaban J connectivity index is 1.64. The molecule has 0 heterocycles. The van der Waals surface area contributed by atoms with Gasteiger partial charge in [0, 0.05) is 29.5 Å². The fraction of sp³-hybridized carbons (Fsp3) is 0.222. The Morgan fingerprint density at radius 1 is 1.09 bits per heavy atom. The van der Waals surface area contributed by atoms with Gasteiger partial charge < -0.3 is 5.32 Å². The summed E-state index contributed by atoms with van der Waals surface area (Å²) in [6, 6.07) is 14.9. The number of carbonyl (C=O) groups excluding carboxylic acids is 2. The normalized spacial score (nSPS) is 17.0. The molecule has 0 saturated heterocycles. The second kappa shape index (κ2) is 6.32. The number of hydrogen-bond donors (Lipinski definition) is 1. The number of Topliss-reactive ketones (excluding diaryl/α,β-unsaturated/α-hetero) is 1. The van der Waals surface area contributed by atoms with Gasteiger partial charge in [0.25, 0.3) is 0 Å². The fourth-order valence-corrected chi connectivity index (χ4v) is 2.89. The minimum Gasteiger partial charge on any atom is -0.352 e. The van der Waals surface area contributed by atoms with Crippen LogP contribution in [0.4, 0.5) is 0 Å². The second-order valence-electron chi connectivity index (χ2n) is 5.53. The quantitative estimate of drug-likeness (QED) is 0.944. The first kappa shape index (κ1) is 14.8. The molecular weight excluding hydrogens is 298 g/mol. The molecule has 0 aliphatic heterocycles. The van der Waals surface area contributed by atoms with Gasteiger partial charge in [-0.05, 0) is 29.7 Å². The van der Waals surface area contributed by atoms with Crippen LogP contribution in [0.15, 0.2) is 48.5 Å². The standard InChI is InChI=1S/C18H16ClNO2/c19-15-7-5-12(6-8-15)11-20-18(22)14-9-13-3-1-2-4-16(13)17(21)10-14/h1-8,14H,9-11H2,(H,20,22). The third kappa shape index (κ3) is 3.20. The first-order valence-electron chi connectivity index (χ1n) is 7.27. The highest BCUT2D eigenvalue weighted by molar-refractivity contribution is 6.30. The molecule has 1 aliphatic rings.